The first-order valence-electron chi connectivity index (χ1n) is 6.98. The Balaban J connectivity index is 1.90. The molecule has 1 fully saturated rings. The van der Waals surface area contributed by atoms with E-state index >= 15 is 0 Å². The first-order chi connectivity index (χ1) is 9.60. The molecule has 0 unspecified atom stereocenters. The average molecular weight is 276 g/mol. The second kappa shape index (κ2) is 6.41. The van der Waals surface area contributed by atoms with Crippen molar-refractivity contribution < 1.29 is 14.7 Å². The molecule has 2 amide bonds. The van der Waals surface area contributed by atoms with Crippen LogP contribution in [-0.4, -0.2) is 41.0 Å². The molecule has 2 N–H and O–H groups in total. The molecule has 0 aliphatic carbocycles. The maximum absolute atomic E-state index is 12.3. The minimum absolute atomic E-state index is 0.0581. The lowest BCUT2D eigenvalue weighted by Crippen LogP contribution is -2.46. The smallest absolute Gasteiger partial charge is 0.253 e. The number of nitrogens with zero attached hydrogens (tertiary/aromatic N) is 1. The van der Waals surface area contributed by atoms with E-state index in [1.807, 2.05) is 6.92 Å². The Morgan fingerprint density at radius 3 is 2.65 bits per heavy atom. The quantitative estimate of drug-likeness (QED) is 0.879. The Bertz CT molecular complexity index is 494. The highest BCUT2D eigenvalue weighted by Crippen LogP contribution is 2.17. The molecule has 0 saturated carbocycles. The topological polar surface area (TPSA) is 69.6 Å². The fraction of sp³-hybridized carbons (Fsp3) is 0.467. The number of aromatic hydroxyl groups is 1. The highest BCUT2D eigenvalue weighted by atomic mass is 16.3. The van der Waals surface area contributed by atoms with Gasteiger partial charge in [-0.15, -0.1) is 0 Å². The Kier molecular flexibility index (Phi) is 4.61. The van der Waals surface area contributed by atoms with E-state index in [2.05, 4.69) is 5.32 Å². The summed E-state index contributed by atoms with van der Waals surface area (Å²) in [5, 5.41) is 12.4. The number of benzene rings is 1. The molecule has 1 aliphatic rings. The minimum Gasteiger partial charge on any atom is -0.508 e. The van der Waals surface area contributed by atoms with E-state index in [-0.39, 0.29) is 23.6 Å². The SMILES string of the molecule is CCC(=O)NC1CCN(C(=O)c2cccc(O)c2)CC1. The third-order valence-electron chi connectivity index (χ3n) is 3.56. The Morgan fingerprint density at radius 1 is 1.35 bits per heavy atom. The molecular formula is C15H20N2O3. The summed E-state index contributed by atoms with van der Waals surface area (Å²) >= 11 is 0. The number of carbonyl (C=O) groups excluding carboxylic acids is 2. The van der Waals surface area contributed by atoms with Crippen molar-refractivity contribution >= 4 is 11.8 Å². The van der Waals surface area contributed by atoms with E-state index < -0.39 is 0 Å². The van der Waals surface area contributed by atoms with Crippen molar-refractivity contribution in [3.63, 3.8) is 0 Å². The maximum Gasteiger partial charge on any atom is 0.253 e. The first kappa shape index (κ1) is 14.4. The maximum atomic E-state index is 12.3. The number of piperidine rings is 1. The second-order valence-electron chi connectivity index (χ2n) is 5.04. The van der Waals surface area contributed by atoms with Gasteiger partial charge in [-0.25, -0.2) is 0 Å². The highest BCUT2D eigenvalue weighted by Gasteiger charge is 2.24. The number of carbonyl (C=O) groups is 2. The van der Waals surface area contributed by atoms with Crippen LogP contribution in [-0.2, 0) is 4.79 Å². The highest BCUT2D eigenvalue weighted by molar-refractivity contribution is 5.94. The molecule has 0 spiro atoms. The zero-order valence-corrected chi connectivity index (χ0v) is 11.6. The van der Waals surface area contributed by atoms with E-state index in [1.165, 1.54) is 6.07 Å². The largest absolute Gasteiger partial charge is 0.508 e. The van der Waals surface area contributed by atoms with Crippen LogP contribution in [0.5, 0.6) is 5.75 Å². The van der Waals surface area contributed by atoms with Crippen LogP contribution in [0.3, 0.4) is 0 Å². The van der Waals surface area contributed by atoms with Crippen LogP contribution in [0, 0.1) is 0 Å². The van der Waals surface area contributed by atoms with Crippen LogP contribution in [0.2, 0.25) is 0 Å². The summed E-state index contributed by atoms with van der Waals surface area (Å²) in [5.41, 5.74) is 0.501. The molecule has 5 heteroatoms. The molecule has 1 aromatic carbocycles. The summed E-state index contributed by atoms with van der Waals surface area (Å²) in [6.07, 6.45) is 2.04. The lowest BCUT2D eigenvalue weighted by Gasteiger charge is -2.32. The number of hydrogen-bond acceptors (Lipinski definition) is 3. The molecule has 2 rings (SSSR count). The molecule has 0 atom stereocenters. The van der Waals surface area contributed by atoms with Crippen molar-refractivity contribution in [2.45, 2.75) is 32.2 Å². The van der Waals surface area contributed by atoms with Crippen molar-refractivity contribution in [1.82, 2.24) is 10.2 Å². The summed E-state index contributed by atoms with van der Waals surface area (Å²) in [7, 11) is 0. The Hall–Kier alpha value is -2.04. The third kappa shape index (κ3) is 3.50. The predicted molar refractivity (Wildman–Crippen MR) is 75.5 cm³/mol. The van der Waals surface area contributed by atoms with E-state index in [0.717, 1.165) is 12.8 Å². The van der Waals surface area contributed by atoms with Gasteiger partial charge in [-0.2, -0.15) is 0 Å². The number of nitrogens with one attached hydrogen (secondary N) is 1. The molecule has 0 aromatic heterocycles. The fourth-order valence-electron chi connectivity index (χ4n) is 2.38. The van der Waals surface area contributed by atoms with Crippen LogP contribution in [0.25, 0.3) is 0 Å². The first-order valence-corrected chi connectivity index (χ1v) is 6.98. The standard InChI is InChI=1S/C15H20N2O3/c1-2-14(19)16-12-6-8-17(9-7-12)15(20)11-4-3-5-13(18)10-11/h3-5,10,12,18H,2,6-9H2,1H3,(H,16,19). The Morgan fingerprint density at radius 2 is 2.05 bits per heavy atom. The number of likely N-dealkylation sites (tertiary alicyclic amines) is 1. The van der Waals surface area contributed by atoms with Gasteiger partial charge in [-0.1, -0.05) is 13.0 Å². The van der Waals surface area contributed by atoms with Gasteiger partial charge in [0.2, 0.25) is 5.91 Å². The zero-order chi connectivity index (χ0) is 14.5. The van der Waals surface area contributed by atoms with E-state index in [1.54, 1.807) is 23.1 Å². The second-order valence-corrected chi connectivity index (χ2v) is 5.04. The molecule has 1 aliphatic heterocycles. The van der Waals surface area contributed by atoms with E-state index in [0.29, 0.717) is 25.1 Å². The normalized spacial score (nSPS) is 15.9. The number of hydrogen-bond donors (Lipinski definition) is 2. The number of amides is 2. The average Bonchev–Trinajstić information content (AvgIpc) is 2.47. The van der Waals surface area contributed by atoms with Gasteiger partial charge < -0.3 is 15.3 Å². The molecule has 108 valence electrons. The number of phenols is 1. The van der Waals surface area contributed by atoms with Crippen molar-refractivity contribution in [2.24, 2.45) is 0 Å². The van der Waals surface area contributed by atoms with Crippen molar-refractivity contribution in [2.75, 3.05) is 13.1 Å². The van der Waals surface area contributed by atoms with Crippen molar-refractivity contribution in [3.05, 3.63) is 29.8 Å². The summed E-state index contributed by atoms with van der Waals surface area (Å²) in [6.45, 7) is 3.09. The minimum atomic E-state index is -0.0684. The summed E-state index contributed by atoms with van der Waals surface area (Å²) in [4.78, 5) is 25.4. The van der Waals surface area contributed by atoms with Crippen LogP contribution in [0.1, 0.15) is 36.5 Å². The van der Waals surface area contributed by atoms with Crippen LogP contribution in [0.4, 0.5) is 0 Å². The molecule has 0 radical (unpaired) electrons. The van der Waals surface area contributed by atoms with Crippen molar-refractivity contribution in [1.29, 1.82) is 0 Å². The molecule has 5 nitrogen and oxygen atoms in total. The summed E-state index contributed by atoms with van der Waals surface area (Å²) in [5.74, 6) is 0.0878. The molecule has 0 bridgehead atoms. The van der Waals surface area contributed by atoms with Crippen LogP contribution in [0.15, 0.2) is 24.3 Å². The van der Waals surface area contributed by atoms with Gasteiger partial charge >= 0.3 is 0 Å². The fourth-order valence-corrected chi connectivity index (χ4v) is 2.38. The van der Waals surface area contributed by atoms with E-state index in [9.17, 15) is 14.7 Å². The molecule has 20 heavy (non-hydrogen) atoms. The number of rotatable bonds is 3. The predicted octanol–water partition coefficient (Wildman–Crippen LogP) is 1.52. The lowest BCUT2D eigenvalue weighted by molar-refractivity contribution is -0.121. The Labute approximate surface area is 118 Å². The van der Waals surface area contributed by atoms with Crippen LogP contribution >= 0.6 is 0 Å². The summed E-state index contributed by atoms with van der Waals surface area (Å²) in [6, 6.07) is 6.55. The molecule has 1 aromatic rings. The lowest BCUT2D eigenvalue weighted by atomic mass is 10.0. The monoisotopic (exact) mass is 276 g/mol. The molecule has 1 heterocycles. The van der Waals surface area contributed by atoms with Gasteiger partial charge in [0.05, 0.1) is 0 Å². The third-order valence-corrected chi connectivity index (χ3v) is 3.56. The molecule has 1 saturated heterocycles. The van der Waals surface area contributed by atoms with Gasteiger partial charge in [-0.3, -0.25) is 9.59 Å². The summed E-state index contributed by atoms with van der Waals surface area (Å²) < 4.78 is 0. The van der Waals surface area contributed by atoms with Gasteiger partial charge in [0.25, 0.3) is 5.91 Å². The van der Waals surface area contributed by atoms with E-state index in [4.69, 9.17) is 0 Å². The number of phenolic OH excluding ortho intramolecular Hbond substituents is 1. The van der Waals surface area contributed by atoms with Crippen molar-refractivity contribution in [3.8, 4) is 5.75 Å². The zero-order valence-electron chi connectivity index (χ0n) is 11.6. The van der Waals surface area contributed by atoms with Gasteiger partial charge in [-0.05, 0) is 31.0 Å². The molecular weight excluding hydrogens is 256 g/mol. The van der Waals surface area contributed by atoms with Crippen LogP contribution < -0.4 is 5.32 Å². The van der Waals surface area contributed by atoms with Gasteiger partial charge in [0.15, 0.2) is 0 Å². The van der Waals surface area contributed by atoms with Gasteiger partial charge in [0, 0.05) is 31.1 Å². The van der Waals surface area contributed by atoms with Gasteiger partial charge in [0.1, 0.15) is 5.75 Å².